The smallest absolute Gasteiger partial charge is 0.353 e. The molecule has 2 nitrogen and oxygen atoms in total. The molecule has 0 saturated carbocycles. The van der Waals surface area contributed by atoms with Crippen molar-refractivity contribution < 1.29 is 44.3 Å². The summed E-state index contributed by atoms with van der Waals surface area (Å²) in [6.07, 6.45) is -16.8. The molecule has 2 atom stereocenters. The van der Waals surface area contributed by atoms with Gasteiger partial charge in [-0.3, -0.25) is 0 Å². The van der Waals surface area contributed by atoms with Crippen LogP contribution < -0.4 is 0 Å². The number of rotatable bonds is 2. The molecule has 1 rings (SSSR count). The summed E-state index contributed by atoms with van der Waals surface area (Å²) in [5, 5.41) is 0. The van der Waals surface area contributed by atoms with Gasteiger partial charge in [0.2, 0.25) is 0 Å². The van der Waals surface area contributed by atoms with Crippen molar-refractivity contribution in [2.75, 3.05) is 13.1 Å². The molecule has 0 radical (unpaired) electrons. The van der Waals surface area contributed by atoms with E-state index in [1.165, 1.54) is 0 Å². The Kier molecular flexibility index (Phi) is 4.35. The van der Waals surface area contributed by atoms with E-state index in [2.05, 4.69) is 11.3 Å². The Labute approximate surface area is 106 Å². The van der Waals surface area contributed by atoms with Gasteiger partial charge in [0, 0.05) is 13.1 Å². The molecule has 1 aliphatic rings. The van der Waals surface area contributed by atoms with Crippen LogP contribution in [-0.2, 0) is 4.74 Å². The van der Waals surface area contributed by atoms with Crippen LogP contribution in [0.3, 0.4) is 0 Å². The summed E-state index contributed by atoms with van der Waals surface area (Å²) >= 11 is 0. The highest BCUT2D eigenvalue weighted by molar-refractivity contribution is 5.00. The van der Waals surface area contributed by atoms with E-state index in [0.29, 0.717) is 0 Å². The Morgan fingerprint density at radius 1 is 0.900 bits per heavy atom. The van der Waals surface area contributed by atoms with Crippen LogP contribution in [0.4, 0.5) is 39.5 Å². The molecule has 0 aromatic rings. The zero-order chi connectivity index (χ0) is 15.9. The standard InChI is InChI=1S/C9H8F9NO/c1-4(10)9(17,18)19-2-5(7(11,12)13)20-6(3-19)8(14,15)16/h5-6H,1-3H2. The minimum atomic E-state index is -5.30. The molecule has 0 N–H and O–H groups in total. The summed E-state index contributed by atoms with van der Waals surface area (Å²) in [6.45, 7) is -1.05. The van der Waals surface area contributed by atoms with Gasteiger partial charge in [-0.05, 0) is 0 Å². The first-order valence-corrected chi connectivity index (χ1v) is 5.03. The van der Waals surface area contributed by atoms with Crippen LogP contribution in [0.1, 0.15) is 0 Å². The largest absolute Gasteiger partial charge is 0.415 e. The van der Waals surface area contributed by atoms with E-state index >= 15 is 0 Å². The van der Waals surface area contributed by atoms with Crippen molar-refractivity contribution in [1.29, 1.82) is 0 Å². The van der Waals surface area contributed by atoms with Crippen molar-refractivity contribution in [1.82, 2.24) is 4.90 Å². The lowest BCUT2D eigenvalue weighted by Crippen LogP contribution is -2.61. The van der Waals surface area contributed by atoms with E-state index in [4.69, 9.17) is 0 Å². The Balaban J connectivity index is 3.06. The first-order chi connectivity index (χ1) is 8.76. The van der Waals surface area contributed by atoms with Crippen molar-refractivity contribution in [3.63, 3.8) is 0 Å². The highest BCUT2D eigenvalue weighted by Gasteiger charge is 2.57. The predicted octanol–water partition coefficient (Wildman–Crippen LogP) is 3.26. The summed E-state index contributed by atoms with van der Waals surface area (Å²) in [7, 11) is 0. The zero-order valence-electron chi connectivity index (χ0n) is 9.53. The van der Waals surface area contributed by atoms with Gasteiger partial charge in [-0.1, -0.05) is 6.58 Å². The monoisotopic (exact) mass is 317 g/mol. The molecule has 1 aliphatic heterocycles. The maximum Gasteiger partial charge on any atom is 0.415 e. The first kappa shape index (κ1) is 17.1. The van der Waals surface area contributed by atoms with E-state index in [9.17, 15) is 39.5 Å². The number of alkyl halides is 8. The predicted molar refractivity (Wildman–Crippen MR) is 47.5 cm³/mol. The van der Waals surface area contributed by atoms with Gasteiger partial charge in [0.15, 0.2) is 18.0 Å². The van der Waals surface area contributed by atoms with Gasteiger partial charge in [0.25, 0.3) is 0 Å². The molecule has 1 heterocycles. The number of halogens is 9. The van der Waals surface area contributed by atoms with Crippen molar-refractivity contribution >= 4 is 0 Å². The summed E-state index contributed by atoms with van der Waals surface area (Å²) in [5.74, 6) is -2.35. The fraction of sp³-hybridized carbons (Fsp3) is 0.778. The molecule has 0 spiro atoms. The van der Waals surface area contributed by atoms with Crippen LogP contribution in [0.5, 0.6) is 0 Å². The zero-order valence-corrected chi connectivity index (χ0v) is 9.53. The van der Waals surface area contributed by atoms with Gasteiger partial charge in [-0.15, -0.1) is 0 Å². The molecule has 20 heavy (non-hydrogen) atoms. The average molecular weight is 317 g/mol. The molecule has 0 aromatic carbocycles. The molecule has 0 amide bonds. The van der Waals surface area contributed by atoms with Crippen LogP contribution in [0.25, 0.3) is 0 Å². The normalized spacial score (nSPS) is 26.6. The fourth-order valence-corrected chi connectivity index (χ4v) is 1.52. The second-order valence-electron chi connectivity index (χ2n) is 4.05. The summed E-state index contributed by atoms with van der Waals surface area (Å²) in [5.41, 5.74) is 0. The maximum atomic E-state index is 13.2. The van der Waals surface area contributed by atoms with Gasteiger partial charge >= 0.3 is 18.4 Å². The van der Waals surface area contributed by atoms with Gasteiger partial charge in [-0.25, -0.2) is 9.29 Å². The third kappa shape index (κ3) is 3.57. The Morgan fingerprint density at radius 2 is 1.25 bits per heavy atom. The SMILES string of the molecule is C=C(F)C(F)(F)N1CC(C(F)(F)F)OC(C(F)(F)F)C1. The maximum absolute atomic E-state index is 13.2. The topological polar surface area (TPSA) is 12.5 Å². The molecule has 0 aromatic heterocycles. The van der Waals surface area contributed by atoms with E-state index in [1.807, 2.05) is 0 Å². The molecule has 0 bridgehead atoms. The van der Waals surface area contributed by atoms with Crippen molar-refractivity contribution in [3.8, 4) is 0 Å². The van der Waals surface area contributed by atoms with Crippen molar-refractivity contribution in [2.24, 2.45) is 0 Å². The molecule has 0 aliphatic carbocycles. The lowest BCUT2D eigenvalue weighted by atomic mass is 10.1. The van der Waals surface area contributed by atoms with E-state index in [-0.39, 0.29) is 0 Å². The molecular weight excluding hydrogens is 309 g/mol. The van der Waals surface area contributed by atoms with E-state index in [0.717, 1.165) is 0 Å². The average Bonchev–Trinajstić information content (AvgIpc) is 2.25. The molecular formula is C9H8F9NO. The fourth-order valence-electron chi connectivity index (χ4n) is 1.52. The van der Waals surface area contributed by atoms with Crippen LogP contribution in [0, 0.1) is 0 Å². The highest BCUT2D eigenvalue weighted by Crippen LogP contribution is 2.38. The molecule has 1 fully saturated rings. The van der Waals surface area contributed by atoms with Crippen LogP contribution in [-0.4, -0.2) is 48.6 Å². The van der Waals surface area contributed by atoms with Crippen molar-refractivity contribution in [3.05, 3.63) is 12.4 Å². The third-order valence-electron chi connectivity index (χ3n) is 2.55. The number of ether oxygens (including phenoxy) is 1. The quantitative estimate of drug-likeness (QED) is 0.573. The van der Waals surface area contributed by atoms with Crippen molar-refractivity contribution in [2.45, 2.75) is 30.6 Å². The summed E-state index contributed by atoms with van der Waals surface area (Å²) < 4.78 is 117. The lowest BCUT2D eigenvalue weighted by molar-refractivity contribution is -0.324. The van der Waals surface area contributed by atoms with E-state index in [1.54, 1.807) is 0 Å². The summed E-state index contributed by atoms with van der Waals surface area (Å²) in [4.78, 5) is -0.588. The van der Waals surface area contributed by atoms with Crippen LogP contribution >= 0.6 is 0 Å². The minimum Gasteiger partial charge on any atom is -0.353 e. The first-order valence-electron chi connectivity index (χ1n) is 5.03. The van der Waals surface area contributed by atoms with Crippen LogP contribution in [0.2, 0.25) is 0 Å². The molecule has 11 heteroatoms. The van der Waals surface area contributed by atoms with Gasteiger partial charge < -0.3 is 4.74 Å². The van der Waals surface area contributed by atoms with E-state index < -0.39 is 54.4 Å². The van der Waals surface area contributed by atoms with Gasteiger partial charge in [0.1, 0.15) is 0 Å². The Morgan fingerprint density at radius 3 is 1.50 bits per heavy atom. The number of morpholine rings is 1. The Bertz CT molecular complexity index is 353. The van der Waals surface area contributed by atoms with Gasteiger partial charge in [0.05, 0.1) is 0 Å². The minimum absolute atomic E-state index is 0.588. The van der Waals surface area contributed by atoms with Crippen LogP contribution in [0.15, 0.2) is 12.4 Å². The number of hydrogen-bond donors (Lipinski definition) is 0. The Hall–Kier alpha value is -0.970. The second-order valence-corrected chi connectivity index (χ2v) is 4.05. The molecule has 2 unspecified atom stereocenters. The molecule has 118 valence electrons. The lowest BCUT2D eigenvalue weighted by Gasteiger charge is -2.41. The third-order valence-corrected chi connectivity index (χ3v) is 2.55. The highest BCUT2D eigenvalue weighted by atomic mass is 19.4. The van der Waals surface area contributed by atoms with Gasteiger partial charge in [-0.2, -0.15) is 35.1 Å². The summed E-state index contributed by atoms with van der Waals surface area (Å²) in [6, 6.07) is -4.64. The number of nitrogens with zero attached hydrogens (tertiary/aromatic N) is 1. The number of hydrogen-bond acceptors (Lipinski definition) is 2. The second kappa shape index (κ2) is 5.10. The molecule has 1 saturated heterocycles.